The minimum absolute atomic E-state index is 0.0960. The second kappa shape index (κ2) is 7.82. The van der Waals surface area contributed by atoms with Crippen molar-refractivity contribution in [1.29, 1.82) is 0 Å². The Morgan fingerprint density at radius 2 is 1.72 bits per heavy atom. The second-order valence-corrected chi connectivity index (χ2v) is 9.95. The van der Waals surface area contributed by atoms with Crippen molar-refractivity contribution in [3.63, 3.8) is 0 Å². The lowest BCUT2D eigenvalue weighted by atomic mass is 10.3. The highest BCUT2D eigenvalue weighted by Gasteiger charge is 2.29. The van der Waals surface area contributed by atoms with Crippen LogP contribution in [0.2, 0.25) is 0 Å². The Labute approximate surface area is 159 Å². The average Bonchev–Trinajstić information content (AvgIpc) is 3.06. The molecule has 1 aromatic heterocycles. The van der Waals surface area contributed by atoms with E-state index < -0.39 is 10.0 Å². The van der Waals surface area contributed by atoms with Gasteiger partial charge < -0.3 is 4.90 Å². The monoisotopic (exact) mass is 440 g/mol. The van der Waals surface area contributed by atoms with E-state index in [0.29, 0.717) is 26.2 Å². The first-order valence-electron chi connectivity index (χ1n) is 7.74. The molecule has 2 aromatic rings. The van der Waals surface area contributed by atoms with Crippen molar-refractivity contribution in [1.82, 2.24) is 9.21 Å². The molecule has 1 aliphatic rings. The average molecular weight is 441 g/mol. The Balaban J connectivity index is 1.60. The third-order valence-corrected chi connectivity index (χ3v) is 7.42. The van der Waals surface area contributed by atoms with Crippen LogP contribution in [0.5, 0.6) is 0 Å². The number of halogens is 1. The van der Waals surface area contributed by atoms with Crippen molar-refractivity contribution in [2.45, 2.75) is 4.90 Å². The smallest absolute Gasteiger partial charge is 0.246 e. The second-order valence-electron chi connectivity index (χ2n) is 5.52. The Bertz CT molecular complexity index is 870. The Kier molecular flexibility index (Phi) is 5.73. The van der Waals surface area contributed by atoms with Gasteiger partial charge in [0.2, 0.25) is 15.9 Å². The minimum Gasteiger partial charge on any atom is -0.337 e. The van der Waals surface area contributed by atoms with E-state index in [0.717, 1.165) is 8.66 Å². The van der Waals surface area contributed by atoms with Gasteiger partial charge in [-0.2, -0.15) is 4.31 Å². The van der Waals surface area contributed by atoms with Crippen LogP contribution in [0.1, 0.15) is 4.88 Å². The maximum absolute atomic E-state index is 12.6. The number of amides is 1. The summed E-state index contributed by atoms with van der Waals surface area (Å²) in [7, 11) is -3.49. The van der Waals surface area contributed by atoms with Crippen molar-refractivity contribution in [3.05, 3.63) is 57.2 Å². The van der Waals surface area contributed by atoms with Crippen LogP contribution in [-0.2, 0) is 14.8 Å². The van der Waals surface area contributed by atoms with Gasteiger partial charge in [0.1, 0.15) is 0 Å². The van der Waals surface area contributed by atoms with Crippen molar-refractivity contribution < 1.29 is 13.2 Å². The minimum atomic E-state index is -3.49. The van der Waals surface area contributed by atoms with Crippen LogP contribution >= 0.6 is 27.3 Å². The zero-order chi connectivity index (χ0) is 17.9. The molecule has 0 radical (unpaired) electrons. The topological polar surface area (TPSA) is 57.7 Å². The summed E-state index contributed by atoms with van der Waals surface area (Å²) in [5.41, 5.74) is 0. The van der Waals surface area contributed by atoms with Gasteiger partial charge in [-0.05, 0) is 46.3 Å². The summed E-state index contributed by atoms with van der Waals surface area (Å²) < 4.78 is 27.6. The summed E-state index contributed by atoms with van der Waals surface area (Å²) in [6.07, 6.45) is 3.32. The number of thiophene rings is 1. The summed E-state index contributed by atoms with van der Waals surface area (Å²) in [5.74, 6) is -0.0960. The highest BCUT2D eigenvalue weighted by molar-refractivity contribution is 9.11. The SMILES string of the molecule is O=C(/C=C/c1ccc(Br)s1)N1CCN(S(=O)(=O)c2ccccc2)CC1. The summed E-state index contributed by atoms with van der Waals surface area (Å²) in [5, 5.41) is 0. The van der Waals surface area contributed by atoms with E-state index in [1.54, 1.807) is 58.7 Å². The van der Waals surface area contributed by atoms with Crippen molar-refractivity contribution in [2.75, 3.05) is 26.2 Å². The maximum atomic E-state index is 12.6. The molecule has 0 unspecified atom stereocenters. The maximum Gasteiger partial charge on any atom is 0.246 e. The molecule has 0 N–H and O–H groups in total. The molecule has 2 heterocycles. The van der Waals surface area contributed by atoms with E-state index in [4.69, 9.17) is 0 Å². The molecular weight excluding hydrogens is 424 g/mol. The number of nitrogens with zero attached hydrogens (tertiary/aromatic N) is 2. The molecule has 1 amide bonds. The molecule has 8 heteroatoms. The van der Waals surface area contributed by atoms with Gasteiger partial charge in [0.05, 0.1) is 8.68 Å². The molecule has 1 fully saturated rings. The molecule has 132 valence electrons. The van der Waals surface area contributed by atoms with Crippen LogP contribution in [0.15, 0.2) is 57.2 Å². The van der Waals surface area contributed by atoms with E-state index in [1.165, 1.54) is 4.31 Å². The molecule has 0 atom stereocenters. The van der Waals surface area contributed by atoms with Gasteiger partial charge >= 0.3 is 0 Å². The highest BCUT2D eigenvalue weighted by atomic mass is 79.9. The third kappa shape index (κ3) is 4.38. The summed E-state index contributed by atoms with van der Waals surface area (Å²) in [6, 6.07) is 12.3. The molecule has 1 aromatic carbocycles. The first-order valence-corrected chi connectivity index (χ1v) is 10.8. The first-order chi connectivity index (χ1) is 12.0. The van der Waals surface area contributed by atoms with Gasteiger partial charge in [-0.3, -0.25) is 4.79 Å². The van der Waals surface area contributed by atoms with E-state index in [-0.39, 0.29) is 10.8 Å². The number of carbonyl (C=O) groups is 1. The van der Waals surface area contributed by atoms with E-state index in [9.17, 15) is 13.2 Å². The number of hydrogen-bond donors (Lipinski definition) is 0. The number of hydrogen-bond acceptors (Lipinski definition) is 4. The van der Waals surface area contributed by atoms with Crippen molar-refractivity contribution in [3.8, 4) is 0 Å². The van der Waals surface area contributed by atoms with Gasteiger partial charge in [-0.25, -0.2) is 8.42 Å². The number of piperazine rings is 1. The molecule has 25 heavy (non-hydrogen) atoms. The van der Waals surface area contributed by atoms with Crippen LogP contribution in [0.3, 0.4) is 0 Å². The largest absolute Gasteiger partial charge is 0.337 e. The summed E-state index contributed by atoms with van der Waals surface area (Å²) in [4.78, 5) is 15.2. The quantitative estimate of drug-likeness (QED) is 0.686. The molecule has 0 spiro atoms. The predicted molar refractivity (Wildman–Crippen MR) is 103 cm³/mol. The molecule has 0 saturated carbocycles. The fourth-order valence-electron chi connectivity index (χ4n) is 2.57. The zero-order valence-corrected chi connectivity index (χ0v) is 16.6. The Morgan fingerprint density at radius 3 is 2.32 bits per heavy atom. The van der Waals surface area contributed by atoms with Gasteiger partial charge in [-0.1, -0.05) is 18.2 Å². The molecule has 3 rings (SSSR count). The summed E-state index contributed by atoms with van der Waals surface area (Å²) in [6.45, 7) is 1.40. The Hall–Kier alpha value is -1.48. The van der Waals surface area contributed by atoms with E-state index in [2.05, 4.69) is 15.9 Å². The molecule has 5 nitrogen and oxygen atoms in total. The number of carbonyl (C=O) groups excluding carboxylic acids is 1. The van der Waals surface area contributed by atoms with Gasteiger partial charge in [0, 0.05) is 37.1 Å². The number of benzene rings is 1. The molecule has 0 bridgehead atoms. The first kappa shape index (κ1) is 18.3. The normalized spacial score (nSPS) is 16.4. The standard InChI is InChI=1S/C17H17BrN2O3S2/c18-16-8-6-14(24-16)7-9-17(21)19-10-12-20(13-11-19)25(22,23)15-4-2-1-3-5-15/h1-9H,10-13H2/b9-7+. The number of rotatable bonds is 4. The van der Waals surface area contributed by atoms with Crippen LogP contribution in [0, 0.1) is 0 Å². The van der Waals surface area contributed by atoms with Gasteiger partial charge in [-0.15, -0.1) is 11.3 Å². The van der Waals surface area contributed by atoms with E-state index >= 15 is 0 Å². The van der Waals surface area contributed by atoms with Crippen LogP contribution in [0.4, 0.5) is 0 Å². The number of sulfonamides is 1. The lowest BCUT2D eigenvalue weighted by Crippen LogP contribution is -2.50. The Morgan fingerprint density at radius 1 is 1.04 bits per heavy atom. The van der Waals surface area contributed by atoms with Gasteiger partial charge in [0.15, 0.2) is 0 Å². The fourth-order valence-corrected chi connectivity index (χ4v) is 5.34. The van der Waals surface area contributed by atoms with Crippen LogP contribution in [-0.4, -0.2) is 49.7 Å². The zero-order valence-electron chi connectivity index (χ0n) is 13.3. The predicted octanol–water partition coefficient (Wildman–Crippen LogP) is 3.06. The van der Waals surface area contributed by atoms with Crippen molar-refractivity contribution in [2.24, 2.45) is 0 Å². The van der Waals surface area contributed by atoms with Crippen molar-refractivity contribution >= 4 is 49.3 Å². The molecule has 0 aliphatic carbocycles. The lowest BCUT2D eigenvalue weighted by Gasteiger charge is -2.33. The summed E-state index contributed by atoms with van der Waals surface area (Å²) >= 11 is 4.94. The fraction of sp³-hybridized carbons (Fsp3) is 0.235. The third-order valence-electron chi connectivity index (χ3n) is 3.92. The van der Waals surface area contributed by atoms with E-state index in [1.807, 2.05) is 12.1 Å². The van der Waals surface area contributed by atoms with Gasteiger partial charge in [0.25, 0.3) is 0 Å². The molecular formula is C17H17BrN2O3S2. The molecule has 1 saturated heterocycles. The highest BCUT2D eigenvalue weighted by Crippen LogP contribution is 2.23. The van der Waals surface area contributed by atoms with Crippen LogP contribution < -0.4 is 0 Å². The van der Waals surface area contributed by atoms with Crippen LogP contribution in [0.25, 0.3) is 6.08 Å². The lowest BCUT2D eigenvalue weighted by molar-refractivity contribution is -0.127. The molecule has 1 aliphatic heterocycles.